The normalized spacial score (nSPS) is 17.6. The number of anilines is 1. The van der Waals surface area contributed by atoms with E-state index < -0.39 is 10.0 Å². The highest BCUT2D eigenvalue weighted by Crippen LogP contribution is 2.30. The van der Waals surface area contributed by atoms with E-state index in [4.69, 9.17) is 4.74 Å². The van der Waals surface area contributed by atoms with E-state index in [1.54, 1.807) is 6.07 Å². The molecule has 168 valence electrons. The Labute approximate surface area is 187 Å². The zero-order valence-electron chi connectivity index (χ0n) is 17.8. The third-order valence-electron chi connectivity index (χ3n) is 5.96. The van der Waals surface area contributed by atoms with Gasteiger partial charge in [0.2, 0.25) is 10.0 Å². The number of aryl methyl sites for hydroxylation is 2. The summed E-state index contributed by atoms with van der Waals surface area (Å²) in [6.45, 7) is 0. The van der Waals surface area contributed by atoms with Crippen molar-refractivity contribution in [3.8, 4) is 5.75 Å². The Balaban J connectivity index is 1.54. The average Bonchev–Trinajstić information content (AvgIpc) is 3.37. The second kappa shape index (κ2) is 9.67. The van der Waals surface area contributed by atoms with E-state index in [-0.39, 0.29) is 28.2 Å². The molecular weight excluding hydrogens is 434 g/mol. The van der Waals surface area contributed by atoms with Gasteiger partial charge in [-0.25, -0.2) is 18.1 Å². The molecule has 1 saturated carbocycles. The predicted molar refractivity (Wildman–Crippen MR) is 122 cm³/mol. The van der Waals surface area contributed by atoms with Gasteiger partial charge in [-0.1, -0.05) is 25.7 Å². The van der Waals surface area contributed by atoms with Crippen LogP contribution in [0.1, 0.15) is 72.3 Å². The summed E-state index contributed by atoms with van der Waals surface area (Å²) in [5.74, 6) is -0.152. The lowest BCUT2D eigenvalue weighted by atomic mass is 10.0. The molecule has 2 aromatic rings. The van der Waals surface area contributed by atoms with E-state index in [1.165, 1.54) is 48.3 Å². The number of methoxy groups -OCH3 is 1. The van der Waals surface area contributed by atoms with Crippen molar-refractivity contribution < 1.29 is 17.9 Å². The van der Waals surface area contributed by atoms with Gasteiger partial charge in [0.05, 0.1) is 12.8 Å². The number of nitrogens with zero attached hydrogens (tertiary/aromatic N) is 1. The molecule has 7 nitrogen and oxygen atoms in total. The van der Waals surface area contributed by atoms with Crippen LogP contribution in [0.3, 0.4) is 0 Å². The van der Waals surface area contributed by atoms with E-state index in [0.717, 1.165) is 57.1 Å². The van der Waals surface area contributed by atoms with Crippen molar-refractivity contribution in [1.29, 1.82) is 0 Å². The topological polar surface area (TPSA) is 97.4 Å². The Bertz CT molecular complexity index is 1020. The van der Waals surface area contributed by atoms with Crippen LogP contribution in [0.15, 0.2) is 23.1 Å². The fourth-order valence-electron chi connectivity index (χ4n) is 4.28. The van der Waals surface area contributed by atoms with Crippen LogP contribution in [0.2, 0.25) is 0 Å². The summed E-state index contributed by atoms with van der Waals surface area (Å²) < 4.78 is 34.0. The lowest BCUT2D eigenvalue weighted by Gasteiger charge is -2.15. The number of benzene rings is 1. The Morgan fingerprint density at radius 1 is 1.10 bits per heavy atom. The molecule has 1 fully saturated rings. The standard InChI is InChI=1S/C22H29N3O4S2/c1-29-18-13-12-15(14-20(18)31(27,28)25-16-8-6-7-9-16)21(26)24-22-23-17-10-4-2-3-5-11-19(17)30-22/h12-14,16,25H,2-11H2,1H3,(H,23,24,26). The molecule has 2 aliphatic rings. The highest BCUT2D eigenvalue weighted by Gasteiger charge is 2.27. The summed E-state index contributed by atoms with van der Waals surface area (Å²) in [5.41, 5.74) is 1.34. The third kappa shape index (κ3) is 5.27. The maximum atomic E-state index is 13.0. The van der Waals surface area contributed by atoms with E-state index >= 15 is 0 Å². The van der Waals surface area contributed by atoms with Crippen molar-refractivity contribution in [3.05, 3.63) is 34.3 Å². The summed E-state index contributed by atoms with van der Waals surface area (Å²) in [6, 6.07) is 4.42. The number of sulfonamides is 1. The molecule has 0 unspecified atom stereocenters. The molecule has 1 heterocycles. The first-order valence-electron chi connectivity index (χ1n) is 11.0. The molecule has 0 radical (unpaired) electrons. The fourth-order valence-corrected chi connectivity index (χ4v) is 6.83. The largest absolute Gasteiger partial charge is 0.495 e. The van der Waals surface area contributed by atoms with Crippen LogP contribution in [0.5, 0.6) is 5.75 Å². The Morgan fingerprint density at radius 2 is 1.84 bits per heavy atom. The van der Waals surface area contributed by atoms with Crippen LogP contribution < -0.4 is 14.8 Å². The van der Waals surface area contributed by atoms with Gasteiger partial charge < -0.3 is 4.74 Å². The highest BCUT2D eigenvalue weighted by molar-refractivity contribution is 7.89. The number of aromatic nitrogens is 1. The third-order valence-corrected chi connectivity index (χ3v) is 8.57. The number of nitrogens with one attached hydrogen (secondary N) is 2. The van der Waals surface area contributed by atoms with Gasteiger partial charge in [-0.2, -0.15) is 0 Å². The maximum Gasteiger partial charge on any atom is 0.257 e. The fraction of sp³-hybridized carbons (Fsp3) is 0.545. The minimum absolute atomic E-state index is 0.0130. The minimum atomic E-state index is -3.79. The molecule has 31 heavy (non-hydrogen) atoms. The number of carbonyl (C=O) groups is 1. The lowest BCUT2D eigenvalue weighted by molar-refractivity contribution is 0.102. The first-order chi connectivity index (χ1) is 15.0. The number of ether oxygens (including phenoxy) is 1. The molecule has 0 aliphatic heterocycles. The number of rotatable bonds is 6. The molecule has 0 bridgehead atoms. The monoisotopic (exact) mass is 463 g/mol. The van der Waals surface area contributed by atoms with Gasteiger partial charge in [0.25, 0.3) is 5.91 Å². The van der Waals surface area contributed by atoms with Crippen LogP contribution in [-0.4, -0.2) is 32.5 Å². The number of carbonyl (C=O) groups excluding carboxylic acids is 1. The van der Waals surface area contributed by atoms with Crippen molar-refractivity contribution in [1.82, 2.24) is 9.71 Å². The summed E-state index contributed by atoms with van der Waals surface area (Å²) in [6.07, 6.45) is 10.4. The quantitative estimate of drug-likeness (QED) is 0.666. The Hall–Kier alpha value is -1.97. The Kier molecular flexibility index (Phi) is 6.93. The Morgan fingerprint density at radius 3 is 2.58 bits per heavy atom. The van der Waals surface area contributed by atoms with Crippen LogP contribution in [-0.2, 0) is 22.9 Å². The SMILES string of the molecule is COc1ccc(C(=O)Nc2nc3c(s2)CCCCCC3)cc1S(=O)(=O)NC1CCCC1. The summed E-state index contributed by atoms with van der Waals surface area (Å²) in [7, 11) is -2.37. The zero-order valence-corrected chi connectivity index (χ0v) is 19.4. The van der Waals surface area contributed by atoms with E-state index in [1.807, 2.05) is 0 Å². The zero-order chi connectivity index (χ0) is 21.8. The number of amides is 1. The first-order valence-corrected chi connectivity index (χ1v) is 13.3. The molecule has 0 atom stereocenters. The van der Waals surface area contributed by atoms with Crippen molar-refractivity contribution in [2.24, 2.45) is 0 Å². The smallest absolute Gasteiger partial charge is 0.257 e. The molecule has 0 saturated heterocycles. The van der Waals surface area contributed by atoms with Gasteiger partial charge in [0, 0.05) is 16.5 Å². The maximum absolute atomic E-state index is 13.0. The lowest BCUT2D eigenvalue weighted by Crippen LogP contribution is -2.33. The van der Waals surface area contributed by atoms with E-state index in [2.05, 4.69) is 15.0 Å². The van der Waals surface area contributed by atoms with Gasteiger partial charge in [0.1, 0.15) is 10.6 Å². The van der Waals surface area contributed by atoms with Crippen LogP contribution in [0.25, 0.3) is 0 Å². The molecular formula is C22H29N3O4S2. The number of fused-ring (bicyclic) bond motifs is 1. The van der Waals surface area contributed by atoms with Crippen molar-refractivity contribution >= 4 is 32.4 Å². The van der Waals surface area contributed by atoms with Gasteiger partial charge in [-0.15, -0.1) is 11.3 Å². The number of hydrogen-bond donors (Lipinski definition) is 2. The van der Waals surface area contributed by atoms with Crippen molar-refractivity contribution in [2.75, 3.05) is 12.4 Å². The predicted octanol–water partition coefficient (Wildman–Crippen LogP) is 4.28. The first kappa shape index (κ1) is 22.2. The van der Waals surface area contributed by atoms with E-state index in [9.17, 15) is 13.2 Å². The molecule has 1 aromatic heterocycles. The van der Waals surface area contributed by atoms with Crippen LogP contribution in [0.4, 0.5) is 5.13 Å². The van der Waals surface area contributed by atoms with Gasteiger partial charge in [-0.3, -0.25) is 10.1 Å². The van der Waals surface area contributed by atoms with Crippen LogP contribution in [0, 0.1) is 0 Å². The van der Waals surface area contributed by atoms with Crippen molar-refractivity contribution in [2.45, 2.75) is 75.1 Å². The number of thiazole rings is 1. The number of hydrogen-bond acceptors (Lipinski definition) is 6. The van der Waals surface area contributed by atoms with Gasteiger partial charge >= 0.3 is 0 Å². The summed E-state index contributed by atoms with van der Waals surface area (Å²) >= 11 is 1.52. The second-order valence-electron chi connectivity index (χ2n) is 8.23. The minimum Gasteiger partial charge on any atom is -0.495 e. The molecule has 0 spiro atoms. The average molecular weight is 464 g/mol. The molecule has 9 heteroatoms. The second-order valence-corrected chi connectivity index (χ2v) is 11.0. The highest BCUT2D eigenvalue weighted by atomic mass is 32.2. The van der Waals surface area contributed by atoms with Gasteiger partial charge in [-0.05, 0) is 56.7 Å². The molecule has 2 aliphatic carbocycles. The molecule has 1 aromatic carbocycles. The van der Waals surface area contributed by atoms with Crippen molar-refractivity contribution in [3.63, 3.8) is 0 Å². The molecule has 2 N–H and O–H groups in total. The van der Waals surface area contributed by atoms with E-state index in [0.29, 0.717) is 5.13 Å². The molecule has 1 amide bonds. The summed E-state index contributed by atoms with van der Waals surface area (Å²) in [5, 5.41) is 3.43. The van der Waals surface area contributed by atoms with Gasteiger partial charge in [0.15, 0.2) is 5.13 Å². The summed E-state index contributed by atoms with van der Waals surface area (Å²) in [4.78, 5) is 18.7. The molecule has 4 rings (SSSR count). The van der Waals surface area contributed by atoms with Crippen LogP contribution >= 0.6 is 11.3 Å².